The minimum atomic E-state index is -0.162. The van der Waals surface area contributed by atoms with E-state index in [2.05, 4.69) is 15.5 Å². The van der Waals surface area contributed by atoms with E-state index < -0.39 is 0 Å². The topological polar surface area (TPSA) is 69.0 Å². The summed E-state index contributed by atoms with van der Waals surface area (Å²) in [5.74, 6) is 1.32. The van der Waals surface area contributed by atoms with E-state index in [9.17, 15) is 4.79 Å². The molecule has 0 radical (unpaired) electrons. The number of amides is 1. The van der Waals surface area contributed by atoms with Gasteiger partial charge in [-0.2, -0.15) is 0 Å². The van der Waals surface area contributed by atoms with Gasteiger partial charge < -0.3 is 14.6 Å². The van der Waals surface area contributed by atoms with E-state index in [1.165, 1.54) is 24.4 Å². The third-order valence-corrected chi connectivity index (χ3v) is 5.66. The van der Waals surface area contributed by atoms with Crippen molar-refractivity contribution in [1.82, 2.24) is 14.8 Å². The minimum Gasteiger partial charge on any atom is -0.495 e. The average molecular weight is 417 g/mol. The highest BCUT2D eigenvalue weighted by Crippen LogP contribution is 2.31. The van der Waals surface area contributed by atoms with E-state index in [0.29, 0.717) is 21.6 Å². The molecule has 0 spiro atoms. The number of hydrogen-bond donors (Lipinski definition) is 1. The molecule has 8 heteroatoms. The van der Waals surface area contributed by atoms with Crippen LogP contribution in [0.1, 0.15) is 11.1 Å². The highest BCUT2D eigenvalue weighted by atomic mass is 35.5. The number of halogens is 1. The van der Waals surface area contributed by atoms with Crippen LogP contribution in [0.3, 0.4) is 0 Å². The summed E-state index contributed by atoms with van der Waals surface area (Å²) in [4.78, 5) is 12.4. The summed E-state index contributed by atoms with van der Waals surface area (Å²) in [5.41, 5.74) is 3.62. The Labute approximate surface area is 173 Å². The molecule has 28 heavy (non-hydrogen) atoms. The van der Waals surface area contributed by atoms with Gasteiger partial charge in [-0.15, -0.1) is 10.2 Å². The quantitative estimate of drug-likeness (QED) is 0.599. The van der Waals surface area contributed by atoms with Crippen molar-refractivity contribution >= 4 is 35.0 Å². The molecule has 0 saturated carbocycles. The molecule has 1 aromatic heterocycles. The maximum atomic E-state index is 12.4. The molecule has 6 nitrogen and oxygen atoms in total. The second-order valence-electron chi connectivity index (χ2n) is 6.37. The number of hydrogen-bond acceptors (Lipinski definition) is 5. The number of aromatic nitrogens is 3. The van der Waals surface area contributed by atoms with Gasteiger partial charge in [-0.25, -0.2) is 0 Å². The number of aryl methyl sites for hydroxylation is 2. The normalized spacial score (nSPS) is 10.8. The number of thioether (sulfide) groups is 1. The Morgan fingerprint density at radius 2 is 1.93 bits per heavy atom. The number of benzene rings is 2. The lowest BCUT2D eigenvalue weighted by Gasteiger charge is -2.12. The molecule has 0 aliphatic carbocycles. The molecule has 3 rings (SSSR count). The van der Waals surface area contributed by atoms with Gasteiger partial charge in [0, 0.05) is 23.7 Å². The number of methoxy groups -OCH3 is 1. The molecule has 0 aliphatic heterocycles. The van der Waals surface area contributed by atoms with Gasteiger partial charge in [0.05, 0.1) is 18.6 Å². The van der Waals surface area contributed by atoms with E-state index in [1.807, 2.05) is 49.7 Å². The molecule has 0 fully saturated rings. The summed E-state index contributed by atoms with van der Waals surface area (Å²) in [6.45, 7) is 3.91. The standard InChI is InChI=1S/C20H21ClN4O2S/c1-12-5-7-14(8-6-12)19-23-24-20(25(19)3)28-11-18(26)22-16-9-13(2)15(21)10-17(16)27-4/h5-10H,11H2,1-4H3,(H,22,26). The fourth-order valence-corrected chi connectivity index (χ4v) is 3.51. The van der Waals surface area contributed by atoms with Gasteiger partial charge in [0.15, 0.2) is 11.0 Å². The van der Waals surface area contributed by atoms with Gasteiger partial charge in [0.1, 0.15) is 5.75 Å². The predicted octanol–water partition coefficient (Wildman–Crippen LogP) is 4.49. The van der Waals surface area contributed by atoms with Crippen molar-refractivity contribution in [3.05, 3.63) is 52.5 Å². The number of anilines is 1. The second kappa shape index (κ2) is 8.67. The van der Waals surface area contributed by atoms with Crippen LogP contribution in [0.2, 0.25) is 5.02 Å². The number of carbonyl (C=O) groups excluding carboxylic acids is 1. The van der Waals surface area contributed by atoms with Crippen LogP contribution >= 0.6 is 23.4 Å². The number of rotatable bonds is 6. The fraction of sp³-hybridized carbons (Fsp3) is 0.250. The molecule has 1 amide bonds. The third kappa shape index (κ3) is 4.48. The van der Waals surface area contributed by atoms with Gasteiger partial charge in [-0.05, 0) is 25.5 Å². The Hall–Kier alpha value is -2.51. The second-order valence-corrected chi connectivity index (χ2v) is 7.72. The van der Waals surface area contributed by atoms with Crippen LogP contribution in [-0.4, -0.2) is 33.5 Å². The molecule has 1 N–H and O–H groups in total. The first-order chi connectivity index (χ1) is 13.4. The first-order valence-electron chi connectivity index (χ1n) is 8.62. The van der Waals surface area contributed by atoms with Crippen LogP contribution in [0.15, 0.2) is 41.6 Å². The smallest absolute Gasteiger partial charge is 0.234 e. The van der Waals surface area contributed by atoms with Crippen LogP contribution in [0.5, 0.6) is 5.75 Å². The first kappa shape index (κ1) is 20.2. The summed E-state index contributed by atoms with van der Waals surface area (Å²) in [6, 6.07) is 11.6. The number of carbonyl (C=O) groups is 1. The lowest BCUT2D eigenvalue weighted by atomic mass is 10.1. The Balaban J connectivity index is 1.67. The van der Waals surface area contributed by atoms with Gasteiger partial charge >= 0.3 is 0 Å². The molecule has 3 aromatic rings. The molecular weight excluding hydrogens is 396 g/mol. The first-order valence-corrected chi connectivity index (χ1v) is 9.98. The van der Waals surface area contributed by atoms with Crippen molar-refractivity contribution in [2.24, 2.45) is 7.05 Å². The Bertz CT molecular complexity index is 1000. The zero-order valence-corrected chi connectivity index (χ0v) is 17.7. The molecule has 0 bridgehead atoms. The Morgan fingerprint density at radius 3 is 2.61 bits per heavy atom. The van der Waals surface area contributed by atoms with Crippen molar-refractivity contribution in [2.45, 2.75) is 19.0 Å². The van der Waals surface area contributed by atoms with Crippen LogP contribution in [-0.2, 0) is 11.8 Å². The maximum absolute atomic E-state index is 12.4. The van der Waals surface area contributed by atoms with Crippen molar-refractivity contribution in [1.29, 1.82) is 0 Å². The van der Waals surface area contributed by atoms with E-state index in [0.717, 1.165) is 17.0 Å². The van der Waals surface area contributed by atoms with Crippen molar-refractivity contribution < 1.29 is 9.53 Å². The van der Waals surface area contributed by atoms with E-state index in [4.69, 9.17) is 16.3 Å². The van der Waals surface area contributed by atoms with Crippen molar-refractivity contribution in [3.63, 3.8) is 0 Å². The largest absolute Gasteiger partial charge is 0.495 e. The molecule has 146 valence electrons. The third-order valence-electron chi connectivity index (χ3n) is 4.23. The molecule has 0 saturated heterocycles. The highest BCUT2D eigenvalue weighted by Gasteiger charge is 2.14. The minimum absolute atomic E-state index is 0.162. The van der Waals surface area contributed by atoms with Crippen LogP contribution in [0.4, 0.5) is 5.69 Å². The Morgan fingerprint density at radius 1 is 1.21 bits per heavy atom. The van der Waals surface area contributed by atoms with Crippen molar-refractivity contribution in [3.8, 4) is 17.1 Å². The average Bonchev–Trinajstić information content (AvgIpc) is 3.04. The molecule has 0 atom stereocenters. The maximum Gasteiger partial charge on any atom is 0.234 e. The summed E-state index contributed by atoms with van der Waals surface area (Å²) in [6.07, 6.45) is 0. The lowest BCUT2D eigenvalue weighted by molar-refractivity contribution is -0.113. The Kier molecular flexibility index (Phi) is 6.26. The van der Waals surface area contributed by atoms with Gasteiger partial charge in [0.2, 0.25) is 5.91 Å². The molecule has 0 aliphatic rings. The van der Waals surface area contributed by atoms with E-state index >= 15 is 0 Å². The van der Waals surface area contributed by atoms with E-state index in [1.54, 1.807) is 12.1 Å². The summed E-state index contributed by atoms with van der Waals surface area (Å²) >= 11 is 7.43. The summed E-state index contributed by atoms with van der Waals surface area (Å²) in [7, 11) is 3.43. The predicted molar refractivity (Wildman–Crippen MR) is 113 cm³/mol. The van der Waals surface area contributed by atoms with E-state index in [-0.39, 0.29) is 11.7 Å². The monoisotopic (exact) mass is 416 g/mol. The lowest BCUT2D eigenvalue weighted by Crippen LogP contribution is -2.15. The SMILES string of the molecule is COc1cc(Cl)c(C)cc1NC(=O)CSc1nnc(-c2ccc(C)cc2)n1C. The van der Waals surface area contributed by atoms with Crippen molar-refractivity contribution in [2.75, 3.05) is 18.2 Å². The summed E-state index contributed by atoms with van der Waals surface area (Å²) < 4.78 is 7.18. The number of ether oxygens (including phenoxy) is 1. The van der Waals surface area contributed by atoms with Gasteiger partial charge in [-0.1, -0.05) is 53.2 Å². The molecule has 1 heterocycles. The number of nitrogens with one attached hydrogen (secondary N) is 1. The zero-order valence-electron chi connectivity index (χ0n) is 16.1. The van der Waals surface area contributed by atoms with Gasteiger partial charge in [-0.3, -0.25) is 4.79 Å². The van der Waals surface area contributed by atoms with Crippen LogP contribution < -0.4 is 10.1 Å². The highest BCUT2D eigenvalue weighted by molar-refractivity contribution is 7.99. The molecule has 2 aromatic carbocycles. The molecule has 0 unspecified atom stereocenters. The zero-order chi connectivity index (χ0) is 20.3. The number of nitrogens with zero attached hydrogens (tertiary/aromatic N) is 3. The van der Waals surface area contributed by atoms with Gasteiger partial charge in [0.25, 0.3) is 0 Å². The van der Waals surface area contributed by atoms with Crippen LogP contribution in [0.25, 0.3) is 11.4 Å². The fourth-order valence-electron chi connectivity index (χ4n) is 2.64. The molecular formula is C20H21ClN4O2S. The summed E-state index contributed by atoms with van der Waals surface area (Å²) in [5, 5.41) is 12.6. The van der Waals surface area contributed by atoms with Crippen LogP contribution in [0, 0.1) is 13.8 Å².